The molecule has 0 amide bonds. The number of nitrogens with one attached hydrogen (secondary N) is 1. The van der Waals surface area contributed by atoms with E-state index in [1.54, 1.807) is 6.20 Å². The molecule has 132 valence electrons. The van der Waals surface area contributed by atoms with Crippen LogP contribution in [0.5, 0.6) is 0 Å². The third kappa shape index (κ3) is 2.55. The second kappa shape index (κ2) is 5.99. The number of fused-ring (bicyclic) bond motifs is 2. The van der Waals surface area contributed by atoms with Gasteiger partial charge < -0.3 is 20.3 Å². The molecule has 4 aromatic rings. The Kier molecular flexibility index (Phi) is 3.49. The monoisotopic (exact) mass is 350 g/mol. The summed E-state index contributed by atoms with van der Waals surface area (Å²) in [6, 6.07) is 9.62. The van der Waals surface area contributed by atoms with Gasteiger partial charge in [0.2, 0.25) is 0 Å². The van der Waals surface area contributed by atoms with E-state index in [2.05, 4.69) is 20.6 Å². The molecule has 26 heavy (non-hydrogen) atoms. The molecule has 0 bridgehead atoms. The first-order chi connectivity index (χ1) is 12.8. The van der Waals surface area contributed by atoms with E-state index in [9.17, 15) is 0 Å². The lowest BCUT2D eigenvalue weighted by Crippen LogP contribution is -2.19. The summed E-state index contributed by atoms with van der Waals surface area (Å²) in [6.07, 6.45) is 4.27. The van der Waals surface area contributed by atoms with Crippen molar-refractivity contribution in [2.24, 2.45) is 0 Å². The molecule has 1 aliphatic heterocycles. The molecule has 8 nitrogen and oxygen atoms in total. The molecule has 1 atom stereocenters. The fraction of sp³-hybridized carbons (Fsp3) is 0.278. The van der Waals surface area contributed by atoms with E-state index in [0.29, 0.717) is 11.4 Å². The van der Waals surface area contributed by atoms with Crippen LogP contribution in [0.3, 0.4) is 0 Å². The summed E-state index contributed by atoms with van der Waals surface area (Å²) in [4.78, 5) is 4.44. The number of rotatable bonds is 4. The van der Waals surface area contributed by atoms with Crippen LogP contribution in [-0.4, -0.2) is 39.0 Å². The van der Waals surface area contributed by atoms with Crippen molar-refractivity contribution in [1.29, 1.82) is 0 Å². The minimum atomic E-state index is 0.258. The Morgan fingerprint density at radius 2 is 2.23 bits per heavy atom. The largest absolute Gasteiger partial charge is 0.380 e. The number of nitrogens with two attached hydrogens (primary N) is 1. The number of hydrogen-bond donors (Lipinski definition) is 2. The van der Waals surface area contributed by atoms with Crippen LogP contribution in [-0.2, 0) is 4.74 Å². The molecule has 3 aromatic heterocycles. The number of nitrogens with zero attached hydrogens (tertiary/aromatic N) is 4. The van der Waals surface area contributed by atoms with Gasteiger partial charge in [-0.05, 0) is 43.2 Å². The highest BCUT2D eigenvalue weighted by Crippen LogP contribution is 2.28. The fourth-order valence-corrected chi connectivity index (χ4v) is 3.30. The van der Waals surface area contributed by atoms with Crippen LogP contribution in [0, 0.1) is 0 Å². The number of aromatic nitrogens is 4. The van der Waals surface area contributed by atoms with Crippen molar-refractivity contribution in [1.82, 2.24) is 19.8 Å². The molecule has 3 N–H and O–H groups in total. The Balaban J connectivity index is 1.50. The van der Waals surface area contributed by atoms with Gasteiger partial charge in [-0.2, -0.15) is 0 Å². The number of imidazole rings is 1. The summed E-state index contributed by atoms with van der Waals surface area (Å²) in [7, 11) is 0. The molecular formula is C18H18N6O2. The molecule has 0 aliphatic carbocycles. The van der Waals surface area contributed by atoms with Crippen LogP contribution in [0.4, 0.5) is 11.6 Å². The van der Waals surface area contributed by atoms with E-state index in [1.165, 1.54) is 0 Å². The Morgan fingerprint density at radius 1 is 1.27 bits per heavy atom. The van der Waals surface area contributed by atoms with Gasteiger partial charge in [0.15, 0.2) is 17.0 Å². The summed E-state index contributed by atoms with van der Waals surface area (Å²) >= 11 is 0. The number of ether oxygens (including phenoxy) is 1. The highest BCUT2D eigenvalue weighted by molar-refractivity contribution is 5.90. The number of benzene rings is 1. The minimum absolute atomic E-state index is 0.258. The summed E-state index contributed by atoms with van der Waals surface area (Å²) in [6.45, 7) is 1.60. The van der Waals surface area contributed by atoms with E-state index in [1.807, 2.05) is 34.8 Å². The molecule has 8 heteroatoms. The fourth-order valence-electron chi connectivity index (χ4n) is 3.30. The van der Waals surface area contributed by atoms with Crippen molar-refractivity contribution in [3.63, 3.8) is 0 Å². The van der Waals surface area contributed by atoms with Crippen LogP contribution in [0.2, 0.25) is 0 Å². The van der Waals surface area contributed by atoms with Crippen molar-refractivity contribution in [3.8, 4) is 11.3 Å². The van der Waals surface area contributed by atoms with Crippen LogP contribution in [0.1, 0.15) is 12.8 Å². The lowest BCUT2D eigenvalue weighted by molar-refractivity contribution is 0.120. The van der Waals surface area contributed by atoms with Gasteiger partial charge in [-0.15, -0.1) is 5.10 Å². The van der Waals surface area contributed by atoms with Crippen molar-refractivity contribution in [2.45, 2.75) is 18.9 Å². The first-order valence-electron chi connectivity index (χ1n) is 8.63. The Morgan fingerprint density at radius 3 is 3.12 bits per heavy atom. The molecule has 5 rings (SSSR count). The van der Waals surface area contributed by atoms with Gasteiger partial charge in [-0.1, -0.05) is 5.16 Å². The van der Waals surface area contributed by atoms with Crippen LogP contribution in [0.15, 0.2) is 41.1 Å². The molecule has 4 heterocycles. The van der Waals surface area contributed by atoms with Crippen LogP contribution < -0.4 is 11.1 Å². The van der Waals surface area contributed by atoms with Gasteiger partial charge in [-0.25, -0.2) is 9.50 Å². The quantitative estimate of drug-likeness (QED) is 0.583. The molecule has 0 spiro atoms. The maximum absolute atomic E-state index is 5.87. The van der Waals surface area contributed by atoms with E-state index < -0.39 is 0 Å². The minimum Gasteiger partial charge on any atom is -0.380 e. The highest BCUT2D eigenvalue weighted by Gasteiger charge is 2.16. The van der Waals surface area contributed by atoms with Crippen molar-refractivity contribution >= 4 is 28.3 Å². The maximum atomic E-state index is 5.87. The Labute approximate surface area is 148 Å². The second-order valence-electron chi connectivity index (χ2n) is 6.43. The molecule has 1 fully saturated rings. The van der Waals surface area contributed by atoms with Gasteiger partial charge >= 0.3 is 0 Å². The normalized spacial score (nSPS) is 17.3. The average Bonchev–Trinajstić information content (AvgIpc) is 3.40. The molecule has 0 saturated carbocycles. The van der Waals surface area contributed by atoms with Crippen molar-refractivity contribution in [3.05, 3.63) is 36.5 Å². The number of hydrogen-bond acceptors (Lipinski definition) is 7. The van der Waals surface area contributed by atoms with Crippen molar-refractivity contribution < 1.29 is 9.26 Å². The number of anilines is 2. The zero-order valence-corrected chi connectivity index (χ0v) is 14.1. The van der Waals surface area contributed by atoms with Gasteiger partial charge in [0.05, 0.1) is 23.4 Å². The summed E-state index contributed by atoms with van der Waals surface area (Å²) in [5.74, 6) is 1.17. The summed E-state index contributed by atoms with van der Waals surface area (Å²) in [5, 5.41) is 12.6. The van der Waals surface area contributed by atoms with Gasteiger partial charge in [0, 0.05) is 18.7 Å². The van der Waals surface area contributed by atoms with Gasteiger partial charge in [0.25, 0.3) is 0 Å². The molecule has 1 unspecified atom stereocenters. The topological polar surface area (TPSA) is 104 Å². The summed E-state index contributed by atoms with van der Waals surface area (Å²) in [5.41, 5.74) is 9.13. The maximum Gasteiger partial charge on any atom is 0.174 e. The summed E-state index contributed by atoms with van der Waals surface area (Å²) < 4.78 is 12.6. The van der Waals surface area contributed by atoms with Crippen molar-refractivity contribution in [2.75, 3.05) is 24.2 Å². The number of nitrogen functional groups attached to an aromatic ring is 1. The van der Waals surface area contributed by atoms with E-state index in [0.717, 1.165) is 54.1 Å². The lowest BCUT2D eigenvalue weighted by atomic mass is 10.1. The Bertz CT molecular complexity index is 1080. The molecule has 1 saturated heterocycles. The van der Waals surface area contributed by atoms with Gasteiger partial charge in [0.1, 0.15) is 5.82 Å². The van der Waals surface area contributed by atoms with E-state index in [-0.39, 0.29) is 6.10 Å². The van der Waals surface area contributed by atoms with Gasteiger partial charge in [-0.3, -0.25) is 0 Å². The van der Waals surface area contributed by atoms with Crippen LogP contribution in [0.25, 0.3) is 27.9 Å². The average molecular weight is 350 g/mol. The third-order valence-electron chi connectivity index (χ3n) is 4.69. The van der Waals surface area contributed by atoms with Crippen LogP contribution >= 0.6 is 0 Å². The first-order valence-corrected chi connectivity index (χ1v) is 8.63. The Hall–Kier alpha value is -3.13. The predicted octanol–water partition coefficient (Wildman–Crippen LogP) is 2.71. The molecule has 1 aromatic carbocycles. The SMILES string of the molecule is Nc1noc2ccc(-c3cnc4ccc(NCC5CCCO5)nn34)cc12. The second-order valence-corrected chi connectivity index (χ2v) is 6.43. The highest BCUT2D eigenvalue weighted by atomic mass is 16.5. The van der Waals surface area contributed by atoms with E-state index >= 15 is 0 Å². The first kappa shape index (κ1) is 15.2. The van der Waals surface area contributed by atoms with E-state index in [4.69, 9.17) is 15.0 Å². The molecule has 0 radical (unpaired) electrons. The smallest absolute Gasteiger partial charge is 0.174 e. The molecular weight excluding hydrogens is 332 g/mol. The zero-order chi connectivity index (χ0) is 17.5. The molecule has 1 aliphatic rings. The standard InChI is InChI=1S/C18H18N6O2/c19-18-13-8-11(3-4-15(13)26-23-18)14-10-21-17-6-5-16(22-24(14)17)20-9-12-2-1-7-25-12/h3-6,8,10,12H,1-2,7,9H2,(H2,19,23)(H,20,22). The lowest BCUT2D eigenvalue weighted by Gasteiger charge is -2.11. The zero-order valence-electron chi connectivity index (χ0n) is 14.1. The predicted molar refractivity (Wildman–Crippen MR) is 97.9 cm³/mol. The third-order valence-corrected chi connectivity index (χ3v) is 4.69.